The Hall–Kier alpha value is -1.79. The minimum atomic E-state index is -1.15. The average Bonchev–Trinajstić information content (AvgIpc) is 2.39. The maximum absolute atomic E-state index is 11.7. The van der Waals surface area contributed by atoms with Crippen molar-refractivity contribution < 1.29 is 19.4 Å². The largest absolute Gasteiger partial charge is 0.496 e. The molecule has 0 fully saturated rings. The Morgan fingerprint density at radius 3 is 2.53 bits per heavy atom. The molecule has 0 bridgehead atoms. The van der Waals surface area contributed by atoms with Crippen LogP contribution in [0.2, 0.25) is 5.02 Å². The minimum Gasteiger partial charge on any atom is -0.496 e. The summed E-state index contributed by atoms with van der Waals surface area (Å²) < 4.78 is 4.96. The summed E-state index contributed by atoms with van der Waals surface area (Å²) in [6, 6.07) is 2.22. The van der Waals surface area contributed by atoms with E-state index in [-0.39, 0.29) is 22.2 Å². The van der Waals surface area contributed by atoms with E-state index >= 15 is 0 Å². The molecule has 1 atom stereocenters. The van der Waals surface area contributed by atoms with Crippen LogP contribution in [0.15, 0.2) is 12.1 Å². The molecule has 3 N–H and O–H groups in total. The van der Waals surface area contributed by atoms with E-state index in [1.807, 2.05) is 0 Å². The second-order valence-corrected chi connectivity index (χ2v) is 4.24. The van der Waals surface area contributed by atoms with Crippen molar-refractivity contribution in [3.63, 3.8) is 0 Å². The van der Waals surface area contributed by atoms with Crippen LogP contribution in [0.1, 0.15) is 17.3 Å². The van der Waals surface area contributed by atoms with Gasteiger partial charge in [-0.15, -0.1) is 0 Å². The summed E-state index contributed by atoms with van der Waals surface area (Å²) >= 11 is 5.94. The lowest BCUT2D eigenvalue weighted by molar-refractivity contribution is -0.117. The monoisotopic (exact) mass is 286 g/mol. The molecule has 6 nitrogen and oxygen atoms in total. The van der Waals surface area contributed by atoms with E-state index in [0.29, 0.717) is 5.69 Å². The van der Waals surface area contributed by atoms with Gasteiger partial charge in [0.05, 0.1) is 23.9 Å². The van der Waals surface area contributed by atoms with Crippen molar-refractivity contribution in [3.05, 3.63) is 22.7 Å². The van der Waals surface area contributed by atoms with Gasteiger partial charge in [0.25, 0.3) is 0 Å². The van der Waals surface area contributed by atoms with Crippen LogP contribution in [0, 0.1) is 0 Å². The lowest BCUT2D eigenvalue weighted by atomic mass is 10.1. The zero-order valence-electron chi connectivity index (χ0n) is 10.8. The van der Waals surface area contributed by atoms with E-state index in [0.717, 1.165) is 0 Å². The number of carbonyl (C=O) groups is 2. The van der Waals surface area contributed by atoms with E-state index < -0.39 is 12.0 Å². The number of likely N-dealkylation sites (N-methyl/N-ethyl adjacent to an activating group) is 1. The summed E-state index contributed by atoms with van der Waals surface area (Å²) in [5, 5.41) is 14.5. The first-order valence-electron chi connectivity index (χ1n) is 5.49. The van der Waals surface area contributed by atoms with Crippen molar-refractivity contribution in [1.82, 2.24) is 5.32 Å². The van der Waals surface area contributed by atoms with Crippen LogP contribution in [0.4, 0.5) is 5.69 Å². The zero-order chi connectivity index (χ0) is 14.6. The van der Waals surface area contributed by atoms with Crippen molar-refractivity contribution in [2.45, 2.75) is 13.0 Å². The maximum Gasteiger partial charge on any atom is 0.339 e. The van der Waals surface area contributed by atoms with E-state index in [9.17, 15) is 9.59 Å². The highest BCUT2D eigenvalue weighted by atomic mass is 35.5. The normalized spacial score (nSPS) is 11.8. The van der Waals surface area contributed by atoms with Crippen LogP contribution in [0.5, 0.6) is 5.75 Å². The van der Waals surface area contributed by atoms with E-state index in [1.165, 1.54) is 19.2 Å². The predicted molar refractivity (Wildman–Crippen MR) is 72.1 cm³/mol. The van der Waals surface area contributed by atoms with Gasteiger partial charge in [-0.1, -0.05) is 11.6 Å². The molecule has 0 radical (unpaired) electrons. The number of halogens is 1. The Morgan fingerprint density at radius 2 is 2.05 bits per heavy atom. The number of carboxylic acid groups (broad SMARTS) is 1. The van der Waals surface area contributed by atoms with Crippen LogP contribution < -0.4 is 15.4 Å². The number of benzene rings is 1. The first-order chi connectivity index (χ1) is 8.90. The molecule has 1 aromatic carbocycles. The first-order valence-corrected chi connectivity index (χ1v) is 5.87. The standard InChI is InChI=1S/C12H15ClN2O4/c1-6(14-2)11(16)15-9-5-10(19-3)7(12(17)18)4-8(9)13/h4-6,14H,1-3H3,(H,15,16)(H,17,18). The first kappa shape index (κ1) is 15.3. The van der Waals surface area contributed by atoms with Gasteiger partial charge in [0.15, 0.2) is 0 Å². The summed E-state index contributed by atoms with van der Waals surface area (Å²) in [4.78, 5) is 22.7. The molecule has 1 unspecified atom stereocenters. The molecule has 19 heavy (non-hydrogen) atoms. The van der Waals surface area contributed by atoms with Gasteiger partial charge in [0.1, 0.15) is 11.3 Å². The number of carboxylic acids is 1. The zero-order valence-corrected chi connectivity index (χ0v) is 11.5. The maximum atomic E-state index is 11.7. The Morgan fingerprint density at radius 1 is 1.42 bits per heavy atom. The molecule has 0 saturated carbocycles. The van der Waals surface area contributed by atoms with Gasteiger partial charge in [-0.2, -0.15) is 0 Å². The van der Waals surface area contributed by atoms with Crippen molar-refractivity contribution in [2.24, 2.45) is 0 Å². The Kier molecular flexibility index (Phi) is 5.14. The van der Waals surface area contributed by atoms with Crippen LogP contribution >= 0.6 is 11.6 Å². The van der Waals surface area contributed by atoms with Gasteiger partial charge < -0.3 is 20.5 Å². The number of methoxy groups -OCH3 is 1. The highest BCUT2D eigenvalue weighted by Crippen LogP contribution is 2.31. The predicted octanol–water partition coefficient (Wildman–Crippen LogP) is 1.59. The van der Waals surface area contributed by atoms with Crippen LogP contribution in [-0.2, 0) is 4.79 Å². The minimum absolute atomic E-state index is 0.0628. The van der Waals surface area contributed by atoms with E-state index in [2.05, 4.69) is 10.6 Å². The fourth-order valence-electron chi connectivity index (χ4n) is 1.36. The lowest BCUT2D eigenvalue weighted by Crippen LogP contribution is -2.35. The number of nitrogens with one attached hydrogen (secondary N) is 2. The number of anilines is 1. The second-order valence-electron chi connectivity index (χ2n) is 3.84. The summed E-state index contributed by atoms with van der Waals surface area (Å²) in [6.07, 6.45) is 0. The summed E-state index contributed by atoms with van der Waals surface area (Å²) in [5.41, 5.74) is 0.239. The van der Waals surface area contributed by atoms with Gasteiger partial charge in [-0.3, -0.25) is 4.79 Å². The Bertz CT molecular complexity index is 505. The molecule has 0 aliphatic heterocycles. The molecule has 0 aliphatic carbocycles. The van der Waals surface area contributed by atoms with Crippen molar-refractivity contribution in [3.8, 4) is 5.75 Å². The third kappa shape index (κ3) is 3.59. The molecular weight excluding hydrogens is 272 g/mol. The summed E-state index contributed by atoms with van der Waals surface area (Å²) in [6.45, 7) is 1.69. The fraction of sp³-hybridized carbons (Fsp3) is 0.333. The molecule has 0 heterocycles. The van der Waals surface area contributed by atoms with Gasteiger partial charge in [-0.05, 0) is 20.0 Å². The molecular formula is C12H15ClN2O4. The van der Waals surface area contributed by atoms with Gasteiger partial charge >= 0.3 is 5.97 Å². The van der Waals surface area contributed by atoms with Crippen molar-refractivity contribution in [2.75, 3.05) is 19.5 Å². The highest BCUT2D eigenvalue weighted by molar-refractivity contribution is 6.34. The lowest BCUT2D eigenvalue weighted by Gasteiger charge is -2.14. The van der Waals surface area contributed by atoms with E-state index in [1.54, 1.807) is 14.0 Å². The number of hydrogen-bond donors (Lipinski definition) is 3. The topological polar surface area (TPSA) is 87.7 Å². The molecule has 0 aliphatic rings. The Balaban J connectivity index is 3.10. The molecule has 7 heteroatoms. The highest BCUT2D eigenvalue weighted by Gasteiger charge is 2.17. The molecule has 0 saturated heterocycles. The molecule has 0 aromatic heterocycles. The summed E-state index contributed by atoms with van der Waals surface area (Å²) in [7, 11) is 3.00. The van der Waals surface area contributed by atoms with Crippen molar-refractivity contribution in [1.29, 1.82) is 0 Å². The SMILES string of the molecule is CNC(C)C(=O)Nc1cc(OC)c(C(=O)O)cc1Cl. The van der Waals surface area contributed by atoms with Crippen molar-refractivity contribution >= 4 is 29.2 Å². The fourth-order valence-corrected chi connectivity index (χ4v) is 1.57. The number of ether oxygens (including phenoxy) is 1. The average molecular weight is 287 g/mol. The number of carbonyl (C=O) groups excluding carboxylic acids is 1. The molecule has 1 amide bonds. The van der Waals surface area contributed by atoms with Gasteiger partial charge in [0.2, 0.25) is 5.91 Å². The molecule has 104 valence electrons. The van der Waals surface area contributed by atoms with Gasteiger partial charge in [0, 0.05) is 6.07 Å². The molecule has 0 spiro atoms. The Labute approximate surface area is 115 Å². The van der Waals surface area contributed by atoms with Gasteiger partial charge in [-0.25, -0.2) is 4.79 Å². The number of rotatable bonds is 5. The van der Waals surface area contributed by atoms with E-state index in [4.69, 9.17) is 21.4 Å². The third-order valence-electron chi connectivity index (χ3n) is 2.60. The molecule has 1 aromatic rings. The smallest absolute Gasteiger partial charge is 0.339 e. The number of amides is 1. The second kappa shape index (κ2) is 6.40. The van der Waals surface area contributed by atoms with Crippen LogP contribution in [0.25, 0.3) is 0 Å². The number of hydrogen-bond acceptors (Lipinski definition) is 4. The summed E-state index contributed by atoms with van der Waals surface area (Å²) in [5.74, 6) is -1.31. The number of aromatic carboxylic acids is 1. The van der Waals surface area contributed by atoms with Crippen LogP contribution in [-0.4, -0.2) is 37.2 Å². The quantitative estimate of drug-likeness (QED) is 0.765. The van der Waals surface area contributed by atoms with Crippen LogP contribution in [0.3, 0.4) is 0 Å². The molecule has 1 rings (SSSR count). The third-order valence-corrected chi connectivity index (χ3v) is 2.92.